The molecule has 0 N–H and O–H groups in total. The number of pyridine rings is 1. The maximum absolute atomic E-state index is 4.33. The van der Waals surface area contributed by atoms with Crippen molar-refractivity contribution in [1.29, 1.82) is 0 Å². The van der Waals surface area contributed by atoms with E-state index in [9.17, 15) is 0 Å². The largest absolute Gasteiger partial charge is 0.337 e. The molecule has 4 rings (SSSR count). The Morgan fingerprint density at radius 3 is 2.71 bits per heavy atom. The van der Waals surface area contributed by atoms with Gasteiger partial charge in [-0.25, -0.2) is 0 Å². The average molecular weight is 319 g/mol. The molecule has 1 aliphatic rings. The van der Waals surface area contributed by atoms with Crippen LogP contribution in [0.3, 0.4) is 0 Å². The highest BCUT2D eigenvalue weighted by Gasteiger charge is 2.25. The van der Waals surface area contributed by atoms with Crippen LogP contribution in [0.2, 0.25) is 0 Å². The Bertz CT molecular complexity index is 893. The first kappa shape index (κ1) is 15.4. The monoisotopic (exact) mass is 319 g/mol. The van der Waals surface area contributed by atoms with Crippen molar-refractivity contribution in [2.75, 3.05) is 13.6 Å². The third-order valence-corrected chi connectivity index (χ3v) is 5.55. The number of benzene rings is 1. The van der Waals surface area contributed by atoms with Crippen LogP contribution in [0.15, 0.2) is 36.7 Å². The van der Waals surface area contributed by atoms with E-state index in [0.29, 0.717) is 6.04 Å². The average Bonchev–Trinajstić information content (AvgIpc) is 2.88. The molecule has 3 aromatic rings. The van der Waals surface area contributed by atoms with Crippen molar-refractivity contribution in [3.05, 3.63) is 64.6 Å². The predicted octanol–water partition coefficient (Wildman–Crippen LogP) is 4.25. The maximum Gasteiger partial charge on any atom is 0.0575 e. The number of nitrogens with zero attached hydrogens (tertiary/aromatic N) is 3. The standard InChI is InChI=1S/C21H25N3/c1-14-10-18-19-13-23(4)9-7-20(19)24(21(18)11-15(14)2)16(3)17-6-5-8-22-12-17/h5-6,8,10-12,16H,7,9,13H2,1-4H3. The fourth-order valence-electron chi connectivity index (χ4n) is 4.00. The molecule has 0 bridgehead atoms. The van der Waals surface area contributed by atoms with Gasteiger partial charge in [-0.05, 0) is 68.3 Å². The van der Waals surface area contributed by atoms with Crippen molar-refractivity contribution in [3.8, 4) is 0 Å². The summed E-state index contributed by atoms with van der Waals surface area (Å²) in [5.41, 5.74) is 8.40. The maximum atomic E-state index is 4.33. The molecule has 0 aliphatic carbocycles. The van der Waals surface area contributed by atoms with Crippen LogP contribution in [0.1, 0.15) is 40.9 Å². The molecule has 24 heavy (non-hydrogen) atoms. The van der Waals surface area contributed by atoms with Gasteiger partial charge < -0.3 is 9.47 Å². The van der Waals surface area contributed by atoms with Crippen LogP contribution >= 0.6 is 0 Å². The second kappa shape index (κ2) is 5.75. The molecule has 0 amide bonds. The van der Waals surface area contributed by atoms with Crippen LogP contribution < -0.4 is 0 Å². The van der Waals surface area contributed by atoms with E-state index in [1.807, 2.05) is 18.5 Å². The molecular weight excluding hydrogens is 294 g/mol. The number of fused-ring (bicyclic) bond motifs is 3. The van der Waals surface area contributed by atoms with E-state index in [1.54, 1.807) is 0 Å². The lowest BCUT2D eigenvalue weighted by atomic mass is 10.0. The summed E-state index contributed by atoms with van der Waals surface area (Å²) in [4.78, 5) is 6.76. The summed E-state index contributed by atoms with van der Waals surface area (Å²) in [5.74, 6) is 0. The third-order valence-electron chi connectivity index (χ3n) is 5.55. The Labute approximate surface area is 143 Å². The molecule has 3 heterocycles. The Morgan fingerprint density at radius 2 is 1.96 bits per heavy atom. The molecule has 1 atom stereocenters. The Hall–Kier alpha value is -2.13. The van der Waals surface area contributed by atoms with E-state index >= 15 is 0 Å². The number of likely N-dealkylation sites (N-methyl/N-ethyl adjacent to an activating group) is 1. The second-order valence-electron chi connectivity index (χ2n) is 7.20. The normalized spacial score (nSPS) is 16.3. The van der Waals surface area contributed by atoms with E-state index < -0.39 is 0 Å². The highest BCUT2D eigenvalue weighted by molar-refractivity contribution is 5.87. The van der Waals surface area contributed by atoms with Crippen LogP contribution in [-0.2, 0) is 13.0 Å². The van der Waals surface area contributed by atoms with Gasteiger partial charge in [0.25, 0.3) is 0 Å². The molecule has 0 saturated heterocycles. The summed E-state index contributed by atoms with van der Waals surface area (Å²) >= 11 is 0. The predicted molar refractivity (Wildman–Crippen MR) is 99.5 cm³/mol. The van der Waals surface area contributed by atoms with Gasteiger partial charge >= 0.3 is 0 Å². The fourth-order valence-corrected chi connectivity index (χ4v) is 4.00. The van der Waals surface area contributed by atoms with Crippen molar-refractivity contribution >= 4 is 10.9 Å². The van der Waals surface area contributed by atoms with Crippen LogP contribution in [0.25, 0.3) is 10.9 Å². The summed E-state index contributed by atoms with van der Waals surface area (Å²) in [6, 6.07) is 9.28. The Kier molecular flexibility index (Phi) is 3.69. The number of rotatable bonds is 2. The van der Waals surface area contributed by atoms with E-state index in [4.69, 9.17) is 0 Å². The van der Waals surface area contributed by atoms with Crippen LogP contribution in [-0.4, -0.2) is 28.0 Å². The summed E-state index contributed by atoms with van der Waals surface area (Å²) in [7, 11) is 2.22. The summed E-state index contributed by atoms with van der Waals surface area (Å²) < 4.78 is 2.56. The molecular formula is C21H25N3. The van der Waals surface area contributed by atoms with Gasteiger partial charge in [0.15, 0.2) is 0 Å². The minimum Gasteiger partial charge on any atom is -0.337 e. The quantitative estimate of drug-likeness (QED) is 0.704. The van der Waals surface area contributed by atoms with Gasteiger partial charge in [-0.1, -0.05) is 6.07 Å². The molecule has 1 unspecified atom stereocenters. The fraction of sp³-hybridized carbons (Fsp3) is 0.381. The lowest BCUT2D eigenvalue weighted by molar-refractivity contribution is 0.308. The molecule has 3 nitrogen and oxygen atoms in total. The Balaban J connectivity index is 1.99. The second-order valence-corrected chi connectivity index (χ2v) is 7.20. The molecule has 0 fully saturated rings. The SMILES string of the molecule is Cc1cc2c3c(n(C(C)c4cccnc4)c2cc1C)CCN(C)C3. The van der Waals surface area contributed by atoms with Gasteiger partial charge in [0.1, 0.15) is 0 Å². The first-order valence-electron chi connectivity index (χ1n) is 8.77. The summed E-state index contributed by atoms with van der Waals surface area (Å²) in [6.45, 7) is 8.90. The van der Waals surface area contributed by atoms with Crippen LogP contribution in [0.5, 0.6) is 0 Å². The van der Waals surface area contributed by atoms with E-state index in [-0.39, 0.29) is 0 Å². The molecule has 3 heteroatoms. The van der Waals surface area contributed by atoms with Gasteiger partial charge in [-0.3, -0.25) is 4.98 Å². The first-order valence-corrected chi connectivity index (χ1v) is 8.77. The van der Waals surface area contributed by atoms with Gasteiger partial charge in [0.05, 0.1) is 6.04 Å². The van der Waals surface area contributed by atoms with Gasteiger partial charge in [-0.2, -0.15) is 0 Å². The Morgan fingerprint density at radius 1 is 1.17 bits per heavy atom. The minimum atomic E-state index is 0.301. The minimum absolute atomic E-state index is 0.301. The van der Waals surface area contributed by atoms with Crippen molar-refractivity contribution in [2.45, 2.75) is 39.8 Å². The number of aryl methyl sites for hydroxylation is 2. The van der Waals surface area contributed by atoms with Crippen LogP contribution in [0, 0.1) is 13.8 Å². The number of aromatic nitrogens is 2. The van der Waals surface area contributed by atoms with Crippen molar-refractivity contribution in [1.82, 2.24) is 14.5 Å². The first-order chi connectivity index (χ1) is 11.6. The zero-order valence-corrected chi connectivity index (χ0v) is 15.0. The highest BCUT2D eigenvalue weighted by Crippen LogP contribution is 2.36. The smallest absolute Gasteiger partial charge is 0.0575 e. The number of hydrogen-bond donors (Lipinski definition) is 0. The molecule has 2 aromatic heterocycles. The molecule has 124 valence electrons. The lowest BCUT2D eigenvalue weighted by Crippen LogP contribution is -2.28. The molecule has 0 spiro atoms. The van der Waals surface area contributed by atoms with E-state index in [2.05, 4.69) is 60.5 Å². The van der Waals surface area contributed by atoms with Crippen molar-refractivity contribution in [3.63, 3.8) is 0 Å². The zero-order chi connectivity index (χ0) is 16.8. The lowest BCUT2D eigenvalue weighted by Gasteiger charge is -2.26. The van der Waals surface area contributed by atoms with E-state index in [1.165, 1.54) is 38.9 Å². The van der Waals surface area contributed by atoms with Crippen LogP contribution in [0.4, 0.5) is 0 Å². The van der Waals surface area contributed by atoms with Gasteiger partial charge in [0, 0.05) is 48.5 Å². The summed E-state index contributed by atoms with van der Waals surface area (Å²) in [5, 5.41) is 1.43. The highest BCUT2D eigenvalue weighted by atomic mass is 15.1. The third kappa shape index (κ3) is 2.35. The van der Waals surface area contributed by atoms with Crippen molar-refractivity contribution in [2.24, 2.45) is 0 Å². The molecule has 1 aromatic carbocycles. The molecule has 0 radical (unpaired) electrons. The topological polar surface area (TPSA) is 21.1 Å². The molecule has 0 saturated carbocycles. The molecule has 1 aliphatic heterocycles. The number of hydrogen-bond acceptors (Lipinski definition) is 2. The zero-order valence-electron chi connectivity index (χ0n) is 15.0. The summed E-state index contributed by atoms with van der Waals surface area (Å²) in [6.07, 6.45) is 4.96. The van der Waals surface area contributed by atoms with Gasteiger partial charge in [0.2, 0.25) is 0 Å². The van der Waals surface area contributed by atoms with Gasteiger partial charge in [-0.15, -0.1) is 0 Å². The van der Waals surface area contributed by atoms with Crippen molar-refractivity contribution < 1.29 is 0 Å². The van der Waals surface area contributed by atoms with E-state index in [0.717, 1.165) is 19.5 Å².